The summed E-state index contributed by atoms with van der Waals surface area (Å²) < 4.78 is 79.6. The fourth-order valence-corrected chi connectivity index (χ4v) is 6.11. The van der Waals surface area contributed by atoms with Crippen molar-refractivity contribution in [1.82, 2.24) is 9.97 Å². The molecule has 0 bridgehead atoms. The highest BCUT2D eigenvalue weighted by Gasteiger charge is 2.39. The second-order valence-corrected chi connectivity index (χ2v) is 10.4. The van der Waals surface area contributed by atoms with E-state index in [4.69, 9.17) is 10.5 Å². The fraction of sp³-hybridized carbons (Fsp3) is 0.346. The third kappa shape index (κ3) is 4.47. The van der Waals surface area contributed by atoms with E-state index in [-0.39, 0.29) is 49.5 Å². The summed E-state index contributed by atoms with van der Waals surface area (Å²) in [7, 11) is 2.89. The molecule has 1 aliphatic carbocycles. The number of fused-ring (bicyclic) bond motifs is 2. The second-order valence-electron chi connectivity index (χ2n) is 9.37. The summed E-state index contributed by atoms with van der Waals surface area (Å²) in [6.45, 7) is 0. The zero-order valence-corrected chi connectivity index (χ0v) is 21.6. The molecule has 0 atom stereocenters. The molecule has 1 saturated carbocycles. The molecular formula is C26H22F5N5O2S. The van der Waals surface area contributed by atoms with E-state index in [1.807, 2.05) is 0 Å². The lowest BCUT2D eigenvalue weighted by molar-refractivity contribution is -0.137. The van der Waals surface area contributed by atoms with Crippen molar-refractivity contribution in [3.63, 3.8) is 0 Å². The molecule has 204 valence electrons. The maximum Gasteiger partial charge on any atom is 0.417 e. The molecule has 13 heteroatoms. The molecule has 4 aromatic rings. The molecule has 2 aromatic heterocycles. The summed E-state index contributed by atoms with van der Waals surface area (Å²) in [4.78, 5) is 9.96. The highest BCUT2D eigenvalue weighted by Crippen LogP contribution is 2.48. The number of ether oxygens (including phenoxy) is 1. The summed E-state index contributed by atoms with van der Waals surface area (Å²) in [5.74, 6) is -2.08. The van der Waals surface area contributed by atoms with Gasteiger partial charge in [-0.3, -0.25) is 0 Å². The third-order valence-corrected chi connectivity index (χ3v) is 8.15. The van der Waals surface area contributed by atoms with Crippen molar-refractivity contribution in [2.24, 2.45) is 0 Å². The second kappa shape index (κ2) is 9.77. The number of halogens is 5. The number of thiophene rings is 1. The van der Waals surface area contributed by atoms with Crippen molar-refractivity contribution in [1.29, 1.82) is 5.26 Å². The molecule has 0 unspecified atom stereocenters. The normalized spacial score (nSPS) is 17.9. The van der Waals surface area contributed by atoms with Crippen LogP contribution in [0.15, 0.2) is 18.2 Å². The molecule has 0 saturated heterocycles. The van der Waals surface area contributed by atoms with Gasteiger partial charge in [0.15, 0.2) is 5.82 Å². The largest absolute Gasteiger partial charge is 0.467 e. The Morgan fingerprint density at radius 2 is 1.87 bits per heavy atom. The van der Waals surface area contributed by atoms with Crippen LogP contribution in [0.5, 0.6) is 6.01 Å². The highest BCUT2D eigenvalue weighted by atomic mass is 32.1. The van der Waals surface area contributed by atoms with Crippen LogP contribution in [-0.4, -0.2) is 41.4 Å². The lowest BCUT2D eigenvalue weighted by Gasteiger charge is -2.34. The summed E-state index contributed by atoms with van der Waals surface area (Å²) in [6, 6.07) is 4.06. The molecule has 1 fully saturated rings. The number of benzene rings is 2. The maximum atomic E-state index is 16.4. The lowest BCUT2D eigenvalue weighted by atomic mass is 9.91. The Bertz CT molecular complexity index is 1640. The van der Waals surface area contributed by atoms with Gasteiger partial charge in [0.25, 0.3) is 0 Å². The number of aliphatic hydroxyl groups is 1. The van der Waals surface area contributed by atoms with E-state index in [0.717, 1.165) is 18.2 Å². The molecule has 1 aliphatic rings. The first-order valence-electron chi connectivity index (χ1n) is 11.9. The number of rotatable bonds is 4. The topological polar surface area (TPSA) is 108 Å². The van der Waals surface area contributed by atoms with Gasteiger partial charge in [0.05, 0.1) is 29.0 Å². The minimum Gasteiger partial charge on any atom is -0.467 e. The van der Waals surface area contributed by atoms with Crippen LogP contribution in [-0.2, 0) is 6.18 Å². The first kappa shape index (κ1) is 26.8. The lowest BCUT2D eigenvalue weighted by Crippen LogP contribution is -2.37. The van der Waals surface area contributed by atoms with Crippen molar-refractivity contribution < 1.29 is 31.8 Å². The number of hydrogen-bond donors (Lipinski definition) is 2. The van der Waals surface area contributed by atoms with Crippen molar-refractivity contribution in [2.45, 2.75) is 44.0 Å². The average molecular weight is 564 g/mol. The highest BCUT2D eigenvalue weighted by molar-refractivity contribution is 7.23. The van der Waals surface area contributed by atoms with Crippen LogP contribution in [0, 0.1) is 23.0 Å². The zero-order chi connectivity index (χ0) is 28.2. The number of hydrogen-bond acceptors (Lipinski definition) is 8. The summed E-state index contributed by atoms with van der Waals surface area (Å²) >= 11 is 0.696. The SMILES string of the molecule is COc1nc(N(C)C2CCC(O)CC2)c2cc(C(F)(F)F)c(-c3ccc(F)c4sc(N)c(C#N)c34)c(F)c2n1. The molecule has 0 spiro atoms. The third-order valence-electron chi connectivity index (χ3n) is 7.13. The van der Waals surface area contributed by atoms with Gasteiger partial charge in [-0.05, 0) is 43.4 Å². The first-order chi connectivity index (χ1) is 18.5. The van der Waals surface area contributed by atoms with Gasteiger partial charge in [0.1, 0.15) is 28.2 Å². The van der Waals surface area contributed by atoms with E-state index >= 15 is 4.39 Å². The van der Waals surface area contributed by atoms with Crippen LogP contribution < -0.4 is 15.4 Å². The van der Waals surface area contributed by atoms with Crippen LogP contribution in [0.25, 0.3) is 32.1 Å². The van der Waals surface area contributed by atoms with Gasteiger partial charge in [-0.25, -0.2) is 8.78 Å². The summed E-state index contributed by atoms with van der Waals surface area (Å²) in [5, 5.41) is 19.0. The average Bonchev–Trinajstić information content (AvgIpc) is 3.25. The van der Waals surface area contributed by atoms with Crippen LogP contribution in [0.1, 0.15) is 36.8 Å². The molecule has 0 amide bonds. The Hall–Kier alpha value is -3.76. The van der Waals surface area contributed by atoms with Crippen LogP contribution in [0.3, 0.4) is 0 Å². The Morgan fingerprint density at radius 1 is 1.18 bits per heavy atom. The van der Waals surface area contributed by atoms with Crippen molar-refractivity contribution in [3.05, 3.63) is 41.0 Å². The number of nitrogen functional groups attached to an aromatic ring is 1. The van der Waals surface area contributed by atoms with Crippen LogP contribution in [0.4, 0.5) is 32.8 Å². The van der Waals surface area contributed by atoms with Gasteiger partial charge in [-0.2, -0.15) is 28.4 Å². The number of nitriles is 1. The van der Waals surface area contributed by atoms with Crippen molar-refractivity contribution in [3.8, 4) is 23.2 Å². The van der Waals surface area contributed by atoms with Gasteiger partial charge in [-0.1, -0.05) is 6.07 Å². The number of methoxy groups -OCH3 is 1. The Morgan fingerprint density at radius 3 is 2.49 bits per heavy atom. The molecule has 0 aliphatic heterocycles. The van der Waals surface area contributed by atoms with Gasteiger partial charge < -0.3 is 20.5 Å². The van der Waals surface area contributed by atoms with E-state index in [1.165, 1.54) is 7.11 Å². The Labute approximate surface area is 223 Å². The van der Waals surface area contributed by atoms with Crippen molar-refractivity contribution >= 4 is 43.1 Å². The van der Waals surface area contributed by atoms with Gasteiger partial charge in [0, 0.05) is 29.4 Å². The Balaban J connectivity index is 1.85. The number of anilines is 2. The molecule has 3 N–H and O–H groups in total. The molecular weight excluding hydrogens is 541 g/mol. The van der Waals surface area contributed by atoms with E-state index in [1.54, 1.807) is 18.0 Å². The van der Waals surface area contributed by atoms with E-state index in [2.05, 4.69) is 9.97 Å². The fourth-order valence-electron chi connectivity index (χ4n) is 5.17. The van der Waals surface area contributed by atoms with Crippen LogP contribution >= 0.6 is 11.3 Å². The number of alkyl halides is 3. The minimum atomic E-state index is -5.04. The molecule has 39 heavy (non-hydrogen) atoms. The molecule has 2 aromatic carbocycles. The van der Waals surface area contributed by atoms with E-state index in [0.29, 0.717) is 37.0 Å². The Kier molecular flexibility index (Phi) is 6.72. The van der Waals surface area contributed by atoms with E-state index in [9.17, 15) is 27.9 Å². The molecule has 0 radical (unpaired) electrons. The standard InChI is InChI=1S/C26H22F5N5O2S/c1-36(11-3-5-12(37)6-4-11)24-14-9-16(26(29,30)31)19(20(28)21(14)34-25(35-24)38-2)13-7-8-17(27)22-18(13)15(10-32)23(33)39-22/h7-9,11-12,37H,3-6,33H2,1-2H3. The van der Waals surface area contributed by atoms with Crippen LogP contribution in [0.2, 0.25) is 0 Å². The predicted octanol–water partition coefficient (Wildman–Crippen LogP) is 6.01. The maximum absolute atomic E-state index is 16.4. The monoisotopic (exact) mass is 563 g/mol. The first-order valence-corrected chi connectivity index (χ1v) is 12.7. The van der Waals surface area contributed by atoms with Gasteiger partial charge in [0.2, 0.25) is 0 Å². The smallest absolute Gasteiger partial charge is 0.417 e. The van der Waals surface area contributed by atoms with Gasteiger partial charge in [-0.15, -0.1) is 11.3 Å². The predicted molar refractivity (Wildman–Crippen MR) is 138 cm³/mol. The summed E-state index contributed by atoms with van der Waals surface area (Å²) in [5.41, 5.74) is 2.63. The molecule has 2 heterocycles. The number of nitrogens with two attached hydrogens (primary N) is 1. The zero-order valence-electron chi connectivity index (χ0n) is 20.7. The van der Waals surface area contributed by atoms with Gasteiger partial charge >= 0.3 is 12.2 Å². The number of aromatic nitrogens is 2. The summed E-state index contributed by atoms with van der Waals surface area (Å²) in [6.07, 6.45) is -3.37. The molecule has 7 nitrogen and oxygen atoms in total. The minimum absolute atomic E-state index is 0.0379. The van der Waals surface area contributed by atoms with E-state index < -0.39 is 40.6 Å². The quantitative estimate of drug-likeness (QED) is 0.293. The number of aliphatic hydroxyl groups excluding tert-OH is 1. The number of nitrogens with zero attached hydrogens (tertiary/aromatic N) is 4. The van der Waals surface area contributed by atoms with Crippen molar-refractivity contribution in [2.75, 3.05) is 24.8 Å². The molecule has 5 rings (SSSR count).